The largest absolute Gasteiger partial charge is 0.354 e. The Labute approximate surface area is 94.8 Å². The zero-order valence-corrected chi connectivity index (χ0v) is 10.0. The first kappa shape index (κ1) is 10.6. The van der Waals surface area contributed by atoms with Crippen molar-refractivity contribution in [2.75, 3.05) is 19.0 Å². The summed E-state index contributed by atoms with van der Waals surface area (Å²) >= 11 is 1.76. The summed E-state index contributed by atoms with van der Waals surface area (Å²) < 4.78 is 0. The van der Waals surface area contributed by atoms with Crippen molar-refractivity contribution in [1.82, 2.24) is 10.3 Å². The number of hydrogen-bond acceptors (Lipinski definition) is 4. The molecule has 1 heterocycles. The summed E-state index contributed by atoms with van der Waals surface area (Å²) in [5, 5.41) is 4.62. The lowest BCUT2D eigenvalue weighted by molar-refractivity contribution is 0.541. The minimum Gasteiger partial charge on any atom is -0.354 e. The third kappa shape index (κ3) is 2.79. The average Bonchev–Trinajstić information content (AvgIpc) is 2.86. The highest BCUT2D eigenvalue weighted by atomic mass is 32.1. The van der Waals surface area contributed by atoms with Crippen molar-refractivity contribution in [3.8, 4) is 0 Å². The average molecular weight is 223 g/mol. The fraction of sp³-hybridized carbons (Fsp3) is 0.545. The maximum Gasteiger partial charge on any atom is 0.185 e. The molecule has 1 N–H and O–H groups in total. The van der Waals surface area contributed by atoms with E-state index in [4.69, 9.17) is 0 Å². The Kier molecular flexibility index (Phi) is 3.38. The van der Waals surface area contributed by atoms with E-state index in [2.05, 4.69) is 22.5 Å². The maximum atomic E-state index is 4.35. The van der Waals surface area contributed by atoms with Crippen LogP contribution in [0.2, 0.25) is 0 Å². The summed E-state index contributed by atoms with van der Waals surface area (Å²) in [5.41, 5.74) is 0. The molecule has 1 aliphatic rings. The summed E-state index contributed by atoms with van der Waals surface area (Å²) in [6.07, 6.45) is 8.79. The summed E-state index contributed by atoms with van der Waals surface area (Å²) in [5.74, 6) is 0. The van der Waals surface area contributed by atoms with Crippen molar-refractivity contribution < 1.29 is 0 Å². The normalized spacial score (nSPS) is 16.1. The van der Waals surface area contributed by atoms with Crippen LogP contribution in [-0.4, -0.2) is 25.1 Å². The molecule has 82 valence electrons. The molecular weight excluding hydrogens is 206 g/mol. The van der Waals surface area contributed by atoms with Crippen LogP contribution < -0.4 is 10.2 Å². The van der Waals surface area contributed by atoms with Gasteiger partial charge in [-0.2, -0.15) is 0 Å². The van der Waals surface area contributed by atoms with Crippen LogP contribution in [0.4, 0.5) is 5.13 Å². The van der Waals surface area contributed by atoms with E-state index in [9.17, 15) is 0 Å². The molecule has 0 aliphatic heterocycles. The van der Waals surface area contributed by atoms with Gasteiger partial charge in [-0.05, 0) is 12.8 Å². The van der Waals surface area contributed by atoms with Crippen LogP contribution in [0.1, 0.15) is 17.7 Å². The smallest absolute Gasteiger partial charge is 0.185 e. The molecule has 0 atom stereocenters. The summed E-state index contributed by atoms with van der Waals surface area (Å²) in [7, 11) is 4.05. The number of nitrogens with zero attached hydrogens (tertiary/aromatic N) is 2. The van der Waals surface area contributed by atoms with Gasteiger partial charge in [-0.3, -0.25) is 0 Å². The van der Waals surface area contributed by atoms with Crippen LogP contribution in [0.25, 0.3) is 0 Å². The molecule has 0 spiro atoms. The van der Waals surface area contributed by atoms with Crippen molar-refractivity contribution >= 4 is 16.5 Å². The molecule has 0 aromatic carbocycles. The van der Waals surface area contributed by atoms with E-state index >= 15 is 0 Å². The van der Waals surface area contributed by atoms with Crippen LogP contribution >= 0.6 is 11.3 Å². The Bertz CT molecular complexity index is 335. The van der Waals surface area contributed by atoms with Crippen molar-refractivity contribution in [3.05, 3.63) is 23.2 Å². The van der Waals surface area contributed by atoms with Crippen LogP contribution in [-0.2, 0) is 6.54 Å². The lowest BCUT2D eigenvalue weighted by atomic mass is 10.2. The predicted octanol–water partition coefficient (Wildman–Crippen LogP) is 2.02. The van der Waals surface area contributed by atoms with Gasteiger partial charge < -0.3 is 10.2 Å². The van der Waals surface area contributed by atoms with Gasteiger partial charge in [0.1, 0.15) is 0 Å². The molecule has 4 heteroatoms. The number of anilines is 1. The number of aromatic nitrogens is 1. The van der Waals surface area contributed by atoms with Crippen molar-refractivity contribution in [3.63, 3.8) is 0 Å². The molecule has 0 amide bonds. The van der Waals surface area contributed by atoms with Crippen LogP contribution in [0.15, 0.2) is 18.3 Å². The molecular formula is C11H17N3S. The Morgan fingerprint density at radius 3 is 2.80 bits per heavy atom. The van der Waals surface area contributed by atoms with Crippen molar-refractivity contribution in [2.24, 2.45) is 0 Å². The van der Waals surface area contributed by atoms with Crippen molar-refractivity contribution in [2.45, 2.75) is 25.4 Å². The highest BCUT2D eigenvalue weighted by Gasteiger charge is 2.10. The topological polar surface area (TPSA) is 28.2 Å². The van der Waals surface area contributed by atoms with Crippen molar-refractivity contribution in [1.29, 1.82) is 0 Å². The minimum absolute atomic E-state index is 0.634. The zero-order chi connectivity index (χ0) is 10.7. The summed E-state index contributed by atoms with van der Waals surface area (Å²) in [4.78, 5) is 7.71. The molecule has 1 aromatic rings. The first-order valence-electron chi connectivity index (χ1n) is 5.26. The standard InChI is InChI=1S/C11H17N3S/c1-14(2)11-13-8-10(15-11)7-12-9-5-3-4-6-9/h3-4,8-9,12H,5-7H2,1-2H3. The number of thiazole rings is 1. The molecule has 0 fully saturated rings. The van der Waals surface area contributed by atoms with Gasteiger partial charge in [0, 0.05) is 37.8 Å². The van der Waals surface area contributed by atoms with Gasteiger partial charge in [0.05, 0.1) is 0 Å². The molecule has 0 saturated heterocycles. The first-order chi connectivity index (χ1) is 7.25. The second-order valence-corrected chi connectivity index (χ2v) is 5.12. The molecule has 0 radical (unpaired) electrons. The molecule has 3 nitrogen and oxygen atoms in total. The third-order valence-electron chi connectivity index (χ3n) is 2.50. The molecule has 15 heavy (non-hydrogen) atoms. The van der Waals surface area contributed by atoms with Gasteiger partial charge in [0.15, 0.2) is 5.13 Å². The molecule has 0 bridgehead atoms. The van der Waals surface area contributed by atoms with Gasteiger partial charge in [-0.25, -0.2) is 4.98 Å². The van der Waals surface area contributed by atoms with Crippen LogP contribution in [0.3, 0.4) is 0 Å². The molecule has 1 aromatic heterocycles. The van der Waals surface area contributed by atoms with E-state index < -0.39 is 0 Å². The fourth-order valence-electron chi connectivity index (χ4n) is 1.61. The predicted molar refractivity (Wildman–Crippen MR) is 65.4 cm³/mol. The molecule has 0 unspecified atom stereocenters. The zero-order valence-electron chi connectivity index (χ0n) is 9.23. The molecule has 1 aliphatic carbocycles. The number of rotatable bonds is 4. The highest BCUT2D eigenvalue weighted by molar-refractivity contribution is 7.15. The van der Waals surface area contributed by atoms with Crippen LogP contribution in [0, 0.1) is 0 Å². The Morgan fingerprint density at radius 2 is 2.20 bits per heavy atom. The Morgan fingerprint density at radius 1 is 1.47 bits per heavy atom. The van der Waals surface area contributed by atoms with E-state index in [1.807, 2.05) is 25.2 Å². The maximum absolute atomic E-state index is 4.35. The number of hydrogen-bond donors (Lipinski definition) is 1. The van der Waals surface area contributed by atoms with Gasteiger partial charge in [-0.15, -0.1) is 11.3 Å². The Hall–Kier alpha value is -0.870. The first-order valence-corrected chi connectivity index (χ1v) is 6.08. The van der Waals surface area contributed by atoms with E-state index in [0.717, 1.165) is 11.7 Å². The fourth-order valence-corrected chi connectivity index (χ4v) is 2.40. The van der Waals surface area contributed by atoms with E-state index in [1.54, 1.807) is 11.3 Å². The van der Waals surface area contributed by atoms with E-state index in [-0.39, 0.29) is 0 Å². The Balaban J connectivity index is 1.82. The third-order valence-corrected chi connectivity index (χ3v) is 3.66. The molecule has 0 saturated carbocycles. The minimum atomic E-state index is 0.634. The van der Waals surface area contributed by atoms with E-state index in [0.29, 0.717) is 6.04 Å². The lowest BCUT2D eigenvalue weighted by Gasteiger charge is -2.10. The van der Waals surface area contributed by atoms with Crippen LogP contribution in [0.5, 0.6) is 0 Å². The van der Waals surface area contributed by atoms with Gasteiger partial charge >= 0.3 is 0 Å². The SMILES string of the molecule is CN(C)c1ncc(CNC2CC=CC2)s1. The molecule has 2 rings (SSSR count). The second kappa shape index (κ2) is 4.77. The number of nitrogens with one attached hydrogen (secondary N) is 1. The van der Waals surface area contributed by atoms with Gasteiger partial charge in [0.2, 0.25) is 0 Å². The second-order valence-electron chi connectivity index (χ2n) is 4.02. The summed E-state index contributed by atoms with van der Waals surface area (Å²) in [6, 6.07) is 0.634. The van der Waals surface area contributed by atoms with Gasteiger partial charge in [-0.1, -0.05) is 12.2 Å². The monoisotopic (exact) mass is 223 g/mol. The quantitative estimate of drug-likeness (QED) is 0.792. The van der Waals surface area contributed by atoms with E-state index in [1.165, 1.54) is 17.7 Å². The lowest BCUT2D eigenvalue weighted by Crippen LogP contribution is -2.25. The summed E-state index contributed by atoms with van der Waals surface area (Å²) in [6.45, 7) is 0.942. The highest BCUT2D eigenvalue weighted by Crippen LogP contribution is 2.20. The van der Waals surface area contributed by atoms with Gasteiger partial charge in [0.25, 0.3) is 0 Å².